The zero-order valence-corrected chi connectivity index (χ0v) is 16.7. The van der Waals surface area contributed by atoms with E-state index >= 15 is 0 Å². The topological polar surface area (TPSA) is 116 Å². The number of carbonyl (C=O) groups excluding carboxylic acids is 2. The third kappa shape index (κ3) is 4.28. The molecule has 1 atom stereocenters. The summed E-state index contributed by atoms with van der Waals surface area (Å²) in [6.45, 7) is 2.56. The summed E-state index contributed by atoms with van der Waals surface area (Å²) in [7, 11) is 2.85. The van der Waals surface area contributed by atoms with Gasteiger partial charge in [-0.05, 0) is 36.4 Å². The molecule has 1 N–H and O–H groups in total. The van der Waals surface area contributed by atoms with E-state index in [0.717, 1.165) is 5.06 Å². The molecule has 2 aromatic rings. The lowest BCUT2D eigenvalue weighted by Crippen LogP contribution is -2.27. The molecule has 1 heterocycles. The number of carbonyl (C=O) groups is 2. The summed E-state index contributed by atoms with van der Waals surface area (Å²) in [5.41, 5.74) is 0.976. The van der Waals surface area contributed by atoms with E-state index in [2.05, 4.69) is 5.16 Å². The molecule has 30 heavy (non-hydrogen) atoms. The van der Waals surface area contributed by atoms with E-state index in [1.807, 2.05) is 0 Å². The van der Waals surface area contributed by atoms with Crippen LogP contribution in [0.3, 0.4) is 0 Å². The van der Waals surface area contributed by atoms with Crippen molar-refractivity contribution in [1.82, 2.24) is 5.06 Å². The molecule has 0 spiro atoms. The van der Waals surface area contributed by atoms with Gasteiger partial charge in [0.05, 0.1) is 14.2 Å². The van der Waals surface area contributed by atoms with Crippen LogP contribution in [0.5, 0.6) is 23.0 Å². The monoisotopic (exact) mass is 416 g/mol. The molecule has 0 saturated carbocycles. The van der Waals surface area contributed by atoms with Crippen LogP contribution in [0.2, 0.25) is 0 Å². The lowest BCUT2D eigenvalue weighted by molar-refractivity contribution is -0.139. The van der Waals surface area contributed by atoms with Gasteiger partial charge >= 0.3 is 11.9 Å². The van der Waals surface area contributed by atoms with Crippen molar-refractivity contribution in [3.8, 4) is 23.0 Å². The minimum atomic E-state index is -0.959. The Morgan fingerprint density at radius 2 is 1.50 bits per heavy atom. The molecule has 0 radical (unpaired) electrons. The summed E-state index contributed by atoms with van der Waals surface area (Å²) in [5, 5.41) is 15.4. The second-order valence-corrected chi connectivity index (χ2v) is 6.18. The summed E-state index contributed by atoms with van der Waals surface area (Å²) in [5.74, 6) is 0.200. The molecular formula is C20H20N2O8. The second kappa shape index (κ2) is 8.70. The number of hydrogen-bond donors (Lipinski definition) is 1. The predicted octanol–water partition coefficient (Wildman–Crippen LogP) is 2.64. The van der Waals surface area contributed by atoms with Crippen molar-refractivity contribution in [3.05, 3.63) is 47.5 Å². The summed E-state index contributed by atoms with van der Waals surface area (Å²) < 4.78 is 20.6. The number of hydrogen-bond acceptors (Lipinski definition) is 10. The highest BCUT2D eigenvalue weighted by Gasteiger charge is 2.33. The van der Waals surface area contributed by atoms with Gasteiger partial charge in [0, 0.05) is 25.0 Å². The minimum Gasteiger partial charge on any atom is -0.493 e. The Bertz CT molecular complexity index is 1000. The highest BCUT2D eigenvalue weighted by molar-refractivity contribution is 5.99. The molecule has 0 fully saturated rings. The number of nitrogens with zero attached hydrogens (tertiary/aromatic N) is 2. The summed E-state index contributed by atoms with van der Waals surface area (Å²) in [6.07, 6.45) is -0.959. The van der Waals surface area contributed by atoms with Crippen molar-refractivity contribution in [2.45, 2.75) is 20.1 Å². The van der Waals surface area contributed by atoms with Crippen molar-refractivity contribution in [2.24, 2.45) is 5.16 Å². The summed E-state index contributed by atoms with van der Waals surface area (Å²) >= 11 is 0. The van der Waals surface area contributed by atoms with E-state index in [1.165, 1.54) is 40.2 Å². The van der Waals surface area contributed by atoms with Crippen LogP contribution in [0.1, 0.15) is 31.2 Å². The Kier molecular flexibility index (Phi) is 6.07. The molecule has 3 rings (SSSR count). The molecule has 1 aliphatic heterocycles. The number of ether oxygens (including phenoxy) is 4. The summed E-state index contributed by atoms with van der Waals surface area (Å²) in [6, 6.07) is 9.37. The van der Waals surface area contributed by atoms with E-state index < -0.39 is 18.2 Å². The molecule has 0 aliphatic carbocycles. The Hall–Kier alpha value is -3.79. The van der Waals surface area contributed by atoms with Crippen molar-refractivity contribution in [2.75, 3.05) is 14.2 Å². The number of amidine groups is 1. The van der Waals surface area contributed by atoms with Gasteiger partial charge in [0.15, 0.2) is 23.0 Å². The first-order chi connectivity index (χ1) is 14.3. The first kappa shape index (κ1) is 20.9. The van der Waals surface area contributed by atoms with Crippen molar-refractivity contribution < 1.29 is 38.6 Å². The van der Waals surface area contributed by atoms with Gasteiger partial charge in [-0.1, -0.05) is 5.16 Å². The first-order valence-corrected chi connectivity index (χ1v) is 8.79. The second-order valence-electron chi connectivity index (χ2n) is 6.18. The number of benzene rings is 2. The fourth-order valence-electron chi connectivity index (χ4n) is 2.81. The number of methoxy groups -OCH3 is 2. The molecule has 0 bridgehead atoms. The fraction of sp³-hybridized carbons (Fsp3) is 0.250. The van der Waals surface area contributed by atoms with Gasteiger partial charge in [-0.15, -0.1) is 0 Å². The Labute approximate surface area is 172 Å². The van der Waals surface area contributed by atoms with E-state index in [-0.39, 0.29) is 23.1 Å². The Balaban J connectivity index is 1.84. The maximum Gasteiger partial charge on any atom is 0.308 e. The van der Waals surface area contributed by atoms with Crippen molar-refractivity contribution in [1.29, 1.82) is 0 Å². The van der Waals surface area contributed by atoms with Crippen LogP contribution >= 0.6 is 0 Å². The molecular weight excluding hydrogens is 396 g/mol. The van der Waals surface area contributed by atoms with Crippen LogP contribution in [0.15, 0.2) is 41.6 Å². The lowest BCUT2D eigenvalue weighted by atomic mass is 10.1. The molecule has 0 aromatic heterocycles. The number of esters is 2. The SMILES string of the molecule is COc1cc(C2=NOC(c3ccc(OC(C)=O)c(OC)c3)N2O)ccc1OC(C)=O. The zero-order valence-electron chi connectivity index (χ0n) is 16.7. The Morgan fingerprint density at radius 1 is 0.933 bits per heavy atom. The standard InChI is InChI=1S/C20H20N2O8/c1-11(23)28-15-7-5-13(9-17(15)26-3)19-21-30-20(22(19)25)14-6-8-16(29-12(2)24)18(10-14)27-4/h5-10,20,25H,1-4H3. The van der Waals surface area contributed by atoms with Crippen LogP contribution in [-0.2, 0) is 14.4 Å². The van der Waals surface area contributed by atoms with Crippen LogP contribution in [0.4, 0.5) is 0 Å². The average molecular weight is 416 g/mol. The van der Waals surface area contributed by atoms with Gasteiger partial charge in [0.1, 0.15) is 0 Å². The number of hydroxylamine groups is 2. The van der Waals surface area contributed by atoms with Gasteiger partial charge in [-0.3, -0.25) is 14.8 Å². The molecule has 0 amide bonds. The molecule has 10 heteroatoms. The number of oxime groups is 1. The van der Waals surface area contributed by atoms with Gasteiger partial charge in [-0.2, -0.15) is 5.06 Å². The predicted molar refractivity (Wildman–Crippen MR) is 103 cm³/mol. The van der Waals surface area contributed by atoms with Crippen LogP contribution in [-0.4, -0.2) is 42.3 Å². The number of rotatable bonds is 6. The quantitative estimate of drug-likeness (QED) is 0.560. The first-order valence-electron chi connectivity index (χ1n) is 8.79. The minimum absolute atomic E-state index is 0.121. The van der Waals surface area contributed by atoms with Gasteiger partial charge in [0.25, 0.3) is 0 Å². The van der Waals surface area contributed by atoms with Gasteiger partial charge in [-0.25, -0.2) is 0 Å². The highest BCUT2D eigenvalue weighted by atomic mass is 16.7. The van der Waals surface area contributed by atoms with Gasteiger partial charge < -0.3 is 23.8 Å². The maximum absolute atomic E-state index is 11.2. The van der Waals surface area contributed by atoms with E-state index in [4.69, 9.17) is 23.8 Å². The van der Waals surface area contributed by atoms with Gasteiger partial charge in [0.2, 0.25) is 12.1 Å². The highest BCUT2D eigenvalue weighted by Crippen LogP contribution is 2.36. The van der Waals surface area contributed by atoms with E-state index in [9.17, 15) is 14.8 Å². The zero-order chi connectivity index (χ0) is 21.8. The van der Waals surface area contributed by atoms with Crippen molar-refractivity contribution in [3.63, 3.8) is 0 Å². The third-order valence-corrected chi connectivity index (χ3v) is 4.08. The van der Waals surface area contributed by atoms with E-state index in [1.54, 1.807) is 24.3 Å². The molecule has 1 unspecified atom stereocenters. The van der Waals surface area contributed by atoms with Crippen molar-refractivity contribution >= 4 is 17.8 Å². The molecule has 1 aliphatic rings. The maximum atomic E-state index is 11.2. The average Bonchev–Trinajstić information content (AvgIpc) is 3.09. The fourth-order valence-corrected chi connectivity index (χ4v) is 2.81. The molecule has 0 saturated heterocycles. The molecule has 158 valence electrons. The van der Waals surface area contributed by atoms with E-state index in [0.29, 0.717) is 16.9 Å². The van der Waals surface area contributed by atoms with Crippen LogP contribution in [0, 0.1) is 0 Å². The smallest absolute Gasteiger partial charge is 0.308 e. The third-order valence-electron chi connectivity index (χ3n) is 4.08. The van der Waals surface area contributed by atoms with Crippen LogP contribution in [0.25, 0.3) is 0 Å². The normalized spacial score (nSPS) is 15.2. The largest absolute Gasteiger partial charge is 0.493 e. The van der Waals surface area contributed by atoms with Crippen LogP contribution < -0.4 is 18.9 Å². The molecule has 10 nitrogen and oxygen atoms in total. The summed E-state index contributed by atoms with van der Waals surface area (Å²) in [4.78, 5) is 27.8. The lowest BCUT2D eigenvalue weighted by Gasteiger charge is -2.20. The Morgan fingerprint density at radius 3 is 2.07 bits per heavy atom. The molecule has 2 aromatic carbocycles.